The molecule has 0 aliphatic rings. The van der Waals surface area contributed by atoms with Gasteiger partial charge >= 0.3 is 0 Å². The standard InChI is InChI=1S/C15H20FN3/c1-4-12-9-13(5-2)19(18-12)15-7-6-11(16)8-14(15)10(3)17/h6-10H,4-5,17H2,1-3H3/t10-/m0/s1. The zero-order valence-corrected chi connectivity index (χ0v) is 11.7. The van der Waals surface area contributed by atoms with Crippen LogP contribution >= 0.6 is 0 Å². The van der Waals surface area contributed by atoms with E-state index in [0.29, 0.717) is 0 Å². The van der Waals surface area contributed by atoms with Gasteiger partial charge < -0.3 is 5.73 Å². The molecular formula is C15H20FN3. The summed E-state index contributed by atoms with van der Waals surface area (Å²) in [5.74, 6) is -0.267. The molecule has 19 heavy (non-hydrogen) atoms. The molecule has 102 valence electrons. The summed E-state index contributed by atoms with van der Waals surface area (Å²) in [5.41, 5.74) is 9.75. The van der Waals surface area contributed by atoms with Crippen LogP contribution in [-0.4, -0.2) is 9.78 Å². The van der Waals surface area contributed by atoms with E-state index in [1.165, 1.54) is 12.1 Å². The maximum absolute atomic E-state index is 13.4. The van der Waals surface area contributed by atoms with E-state index in [4.69, 9.17) is 5.73 Å². The highest BCUT2D eigenvalue weighted by molar-refractivity contribution is 5.44. The Morgan fingerprint density at radius 3 is 2.58 bits per heavy atom. The number of nitrogens with two attached hydrogens (primary N) is 1. The van der Waals surface area contributed by atoms with Crippen LogP contribution in [0.5, 0.6) is 0 Å². The Hall–Kier alpha value is -1.68. The summed E-state index contributed by atoms with van der Waals surface area (Å²) in [6, 6.07) is 6.55. The molecule has 2 rings (SSSR count). The molecule has 0 spiro atoms. The maximum atomic E-state index is 13.4. The number of rotatable bonds is 4. The van der Waals surface area contributed by atoms with E-state index < -0.39 is 0 Å². The van der Waals surface area contributed by atoms with Gasteiger partial charge in [0.25, 0.3) is 0 Å². The highest BCUT2D eigenvalue weighted by Crippen LogP contribution is 2.23. The first kappa shape index (κ1) is 13.7. The van der Waals surface area contributed by atoms with Crippen molar-refractivity contribution in [2.45, 2.75) is 39.7 Å². The third kappa shape index (κ3) is 2.68. The summed E-state index contributed by atoms with van der Waals surface area (Å²) in [6.07, 6.45) is 1.76. The normalized spacial score (nSPS) is 12.7. The molecule has 2 N–H and O–H groups in total. The van der Waals surface area contributed by atoms with Crippen LogP contribution in [0.2, 0.25) is 0 Å². The van der Waals surface area contributed by atoms with Gasteiger partial charge in [0.15, 0.2) is 0 Å². The number of hydrogen-bond donors (Lipinski definition) is 1. The molecule has 0 saturated carbocycles. The molecule has 0 bridgehead atoms. The fourth-order valence-electron chi connectivity index (χ4n) is 2.19. The van der Waals surface area contributed by atoms with Crippen LogP contribution in [0.1, 0.15) is 43.8 Å². The van der Waals surface area contributed by atoms with Crippen LogP contribution in [-0.2, 0) is 12.8 Å². The van der Waals surface area contributed by atoms with Crippen molar-refractivity contribution in [1.82, 2.24) is 9.78 Å². The number of aryl methyl sites for hydroxylation is 2. The highest BCUT2D eigenvalue weighted by Gasteiger charge is 2.14. The Balaban J connectivity index is 2.60. The SMILES string of the molecule is CCc1cc(CC)n(-c2ccc(F)cc2[C@H](C)N)n1. The summed E-state index contributed by atoms with van der Waals surface area (Å²) in [6.45, 7) is 6.01. The molecule has 0 aliphatic heterocycles. The maximum Gasteiger partial charge on any atom is 0.123 e. The van der Waals surface area contributed by atoms with Gasteiger partial charge in [-0.15, -0.1) is 0 Å². The van der Waals surface area contributed by atoms with Crippen LogP contribution in [0.25, 0.3) is 5.69 Å². The molecule has 3 nitrogen and oxygen atoms in total. The molecule has 0 fully saturated rings. The van der Waals surface area contributed by atoms with E-state index in [1.807, 2.05) is 11.6 Å². The molecule has 0 radical (unpaired) electrons. The lowest BCUT2D eigenvalue weighted by Gasteiger charge is -2.14. The first-order chi connectivity index (χ1) is 9.06. The number of benzene rings is 1. The Morgan fingerprint density at radius 1 is 1.26 bits per heavy atom. The molecule has 4 heteroatoms. The van der Waals surface area contributed by atoms with E-state index in [-0.39, 0.29) is 11.9 Å². The van der Waals surface area contributed by atoms with Gasteiger partial charge in [0.1, 0.15) is 5.82 Å². The minimum Gasteiger partial charge on any atom is -0.324 e. The molecule has 1 aromatic heterocycles. The lowest BCUT2D eigenvalue weighted by atomic mass is 10.1. The molecule has 0 aliphatic carbocycles. The zero-order valence-electron chi connectivity index (χ0n) is 11.7. The fraction of sp³-hybridized carbons (Fsp3) is 0.400. The van der Waals surface area contributed by atoms with Gasteiger partial charge in [0.05, 0.1) is 11.4 Å². The van der Waals surface area contributed by atoms with Gasteiger partial charge in [-0.2, -0.15) is 5.10 Å². The lowest BCUT2D eigenvalue weighted by molar-refractivity contribution is 0.619. The van der Waals surface area contributed by atoms with Crippen molar-refractivity contribution in [1.29, 1.82) is 0 Å². The van der Waals surface area contributed by atoms with Crippen LogP contribution in [0, 0.1) is 5.82 Å². The smallest absolute Gasteiger partial charge is 0.123 e. The third-order valence-corrected chi connectivity index (χ3v) is 3.27. The van der Waals surface area contributed by atoms with Crippen LogP contribution in [0.4, 0.5) is 4.39 Å². The summed E-state index contributed by atoms with van der Waals surface area (Å²) in [7, 11) is 0. The van der Waals surface area contributed by atoms with Crippen molar-refractivity contribution in [2.75, 3.05) is 0 Å². The fourth-order valence-corrected chi connectivity index (χ4v) is 2.19. The summed E-state index contributed by atoms with van der Waals surface area (Å²) >= 11 is 0. The van der Waals surface area contributed by atoms with Crippen molar-refractivity contribution in [3.63, 3.8) is 0 Å². The minimum atomic E-state index is -0.267. The number of aromatic nitrogens is 2. The molecular weight excluding hydrogens is 241 g/mol. The Bertz CT molecular complexity index is 573. The Labute approximate surface area is 113 Å². The number of halogens is 1. The Kier molecular flexibility index (Phi) is 4.00. The van der Waals surface area contributed by atoms with Crippen molar-refractivity contribution in [3.05, 3.63) is 47.0 Å². The second-order valence-corrected chi connectivity index (χ2v) is 4.74. The van der Waals surface area contributed by atoms with Crippen molar-refractivity contribution in [3.8, 4) is 5.69 Å². The average molecular weight is 261 g/mol. The molecule has 0 unspecified atom stereocenters. The topological polar surface area (TPSA) is 43.8 Å². The van der Waals surface area contributed by atoms with E-state index in [0.717, 1.165) is 35.5 Å². The molecule has 2 aromatic rings. The van der Waals surface area contributed by atoms with E-state index in [2.05, 4.69) is 25.0 Å². The first-order valence-corrected chi connectivity index (χ1v) is 6.70. The molecule has 0 amide bonds. The Morgan fingerprint density at radius 2 is 2.00 bits per heavy atom. The minimum absolute atomic E-state index is 0.232. The van der Waals surface area contributed by atoms with Gasteiger partial charge in [0, 0.05) is 11.7 Å². The first-order valence-electron chi connectivity index (χ1n) is 6.70. The van der Waals surface area contributed by atoms with Gasteiger partial charge in [-0.3, -0.25) is 0 Å². The van der Waals surface area contributed by atoms with Crippen LogP contribution < -0.4 is 5.73 Å². The van der Waals surface area contributed by atoms with Gasteiger partial charge in [-0.1, -0.05) is 13.8 Å². The number of hydrogen-bond acceptors (Lipinski definition) is 2. The predicted molar refractivity (Wildman–Crippen MR) is 74.9 cm³/mol. The lowest BCUT2D eigenvalue weighted by Crippen LogP contribution is -2.12. The van der Waals surface area contributed by atoms with Crippen molar-refractivity contribution in [2.24, 2.45) is 5.73 Å². The quantitative estimate of drug-likeness (QED) is 0.918. The van der Waals surface area contributed by atoms with Crippen LogP contribution in [0.3, 0.4) is 0 Å². The zero-order chi connectivity index (χ0) is 14.0. The van der Waals surface area contributed by atoms with E-state index in [1.54, 1.807) is 6.07 Å². The third-order valence-electron chi connectivity index (χ3n) is 3.27. The second-order valence-electron chi connectivity index (χ2n) is 4.74. The van der Waals surface area contributed by atoms with Gasteiger partial charge in [-0.25, -0.2) is 9.07 Å². The summed E-state index contributed by atoms with van der Waals surface area (Å²) < 4.78 is 15.3. The summed E-state index contributed by atoms with van der Waals surface area (Å²) in [4.78, 5) is 0. The van der Waals surface area contributed by atoms with Gasteiger partial charge in [-0.05, 0) is 49.6 Å². The molecule has 0 saturated heterocycles. The average Bonchev–Trinajstić information content (AvgIpc) is 2.81. The number of nitrogens with zero attached hydrogens (tertiary/aromatic N) is 2. The predicted octanol–water partition coefficient (Wildman–Crippen LogP) is 3.16. The second kappa shape index (κ2) is 5.53. The highest BCUT2D eigenvalue weighted by atomic mass is 19.1. The van der Waals surface area contributed by atoms with E-state index in [9.17, 15) is 4.39 Å². The van der Waals surface area contributed by atoms with E-state index >= 15 is 0 Å². The van der Waals surface area contributed by atoms with Gasteiger partial charge in [0.2, 0.25) is 0 Å². The van der Waals surface area contributed by atoms with Crippen molar-refractivity contribution < 1.29 is 4.39 Å². The molecule has 1 atom stereocenters. The van der Waals surface area contributed by atoms with Crippen molar-refractivity contribution >= 4 is 0 Å². The monoisotopic (exact) mass is 261 g/mol. The molecule has 1 heterocycles. The van der Waals surface area contributed by atoms with Crippen LogP contribution in [0.15, 0.2) is 24.3 Å². The summed E-state index contributed by atoms with van der Waals surface area (Å²) in [5, 5.41) is 4.58. The largest absolute Gasteiger partial charge is 0.324 e. The molecule has 1 aromatic carbocycles.